The molecule has 0 aliphatic carbocycles. The number of nitrogens with two attached hydrogens (primary N) is 1. The molecule has 2 N–H and O–H groups in total. The summed E-state index contributed by atoms with van der Waals surface area (Å²) in [7, 11) is 0. The largest absolute Gasteiger partial charge is 0.330 e. The fraction of sp³-hybridized carbons (Fsp3) is 0.250. The quantitative estimate of drug-likeness (QED) is 0.888. The molecule has 2 rings (SSSR count). The fourth-order valence-corrected chi connectivity index (χ4v) is 1.98. The molecule has 1 heterocycles. The first-order chi connectivity index (χ1) is 7.72. The van der Waals surface area contributed by atoms with Gasteiger partial charge in [-0.1, -0.05) is 11.6 Å². The summed E-state index contributed by atoms with van der Waals surface area (Å²) in [6.07, 6.45) is 4.51. The monoisotopic (exact) mass is 235 g/mol. The molecule has 2 aromatic rings. The van der Waals surface area contributed by atoms with Crippen molar-refractivity contribution in [3.63, 3.8) is 0 Å². The van der Waals surface area contributed by atoms with Crippen LogP contribution in [0.5, 0.6) is 0 Å². The van der Waals surface area contributed by atoms with Gasteiger partial charge in [0, 0.05) is 29.5 Å². The van der Waals surface area contributed by atoms with Gasteiger partial charge < -0.3 is 10.3 Å². The van der Waals surface area contributed by atoms with Crippen LogP contribution in [-0.2, 0) is 6.42 Å². The van der Waals surface area contributed by atoms with Crippen LogP contribution in [-0.4, -0.2) is 16.1 Å². The topological polar surface area (TPSA) is 43.8 Å². The second kappa shape index (κ2) is 4.68. The molecule has 0 fully saturated rings. The SMILES string of the molecule is Cc1cc(Cl)ccc1-n1ccnc1CCN. The molecule has 0 aliphatic heterocycles. The average Bonchev–Trinajstić information content (AvgIpc) is 2.67. The normalized spacial score (nSPS) is 10.7. The summed E-state index contributed by atoms with van der Waals surface area (Å²) in [5.41, 5.74) is 7.79. The lowest BCUT2D eigenvalue weighted by Crippen LogP contribution is -2.09. The molecule has 0 amide bonds. The van der Waals surface area contributed by atoms with E-state index in [4.69, 9.17) is 17.3 Å². The summed E-state index contributed by atoms with van der Waals surface area (Å²) >= 11 is 5.93. The van der Waals surface area contributed by atoms with E-state index in [0.717, 1.165) is 28.5 Å². The lowest BCUT2D eigenvalue weighted by atomic mass is 10.2. The number of nitrogens with zero attached hydrogens (tertiary/aromatic N) is 2. The molecule has 0 saturated carbocycles. The number of aromatic nitrogens is 2. The number of imidazole rings is 1. The van der Waals surface area contributed by atoms with Crippen LogP contribution in [0.15, 0.2) is 30.6 Å². The third-order valence-corrected chi connectivity index (χ3v) is 2.74. The summed E-state index contributed by atoms with van der Waals surface area (Å²) in [4.78, 5) is 4.30. The van der Waals surface area contributed by atoms with E-state index in [1.54, 1.807) is 6.20 Å². The van der Waals surface area contributed by atoms with Crippen LogP contribution in [0.1, 0.15) is 11.4 Å². The molecular weight excluding hydrogens is 222 g/mol. The molecule has 0 atom stereocenters. The van der Waals surface area contributed by atoms with E-state index in [1.807, 2.05) is 31.3 Å². The number of benzene rings is 1. The standard InChI is InChI=1S/C12H14ClN3/c1-9-8-10(13)2-3-11(9)16-7-6-15-12(16)4-5-14/h2-3,6-8H,4-5,14H2,1H3. The molecule has 0 radical (unpaired) electrons. The fourth-order valence-electron chi connectivity index (χ4n) is 1.76. The highest BCUT2D eigenvalue weighted by molar-refractivity contribution is 6.30. The lowest BCUT2D eigenvalue weighted by Gasteiger charge is -2.10. The van der Waals surface area contributed by atoms with Gasteiger partial charge in [0.1, 0.15) is 5.82 Å². The van der Waals surface area contributed by atoms with E-state index >= 15 is 0 Å². The molecule has 3 nitrogen and oxygen atoms in total. The summed E-state index contributed by atoms with van der Waals surface area (Å²) in [5.74, 6) is 0.980. The van der Waals surface area contributed by atoms with Crippen molar-refractivity contribution in [3.8, 4) is 5.69 Å². The zero-order valence-corrected chi connectivity index (χ0v) is 9.91. The maximum absolute atomic E-state index is 5.93. The number of halogens is 1. The van der Waals surface area contributed by atoms with E-state index in [2.05, 4.69) is 9.55 Å². The van der Waals surface area contributed by atoms with Crippen LogP contribution in [0, 0.1) is 6.92 Å². The Labute approximate surface area is 99.9 Å². The Hall–Kier alpha value is -1.32. The van der Waals surface area contributed by atoms with Gasteiger partial charge in [0.05, 0.1) is 0 Å². The van der Waals surface area contributed by atoms with Gasteiger partial charge in [-0.25, -0.2) is 4.98 Å². The molecule has 0 bridgehead atoms. The van der Waals surface area contributed by atoms with Crippen LogP contribution >= 0.6 is 11.6 Å². The Balaban J connectivity index is 2.46. The van der Waals surface area contributed by atoms with E-state index in [9.17, 15) is 0 Å². The molecule has 84 valence electrons. The number of aryl methyl sites for hydroxylation is 1. The van der Waals surface area contributed by atoms with Crippen molar-refractivity contribution in [2.45, 2.75) is 13.3 Å². The van der Waals surface area contributed by atoms with Gasteiger partial charge in [0.2, 0.25) is 0 Å². The average molecular weight is 236 g/mol. The van der Waals surface area contributed by atoms with Crippen LogP contribution in [0.2, 0.25) is 5.02 Å². The number of hydrogen-bond acceptors (Lipinski definition) is 2. The minimum absolute atomic E-state index is 0.601. The molecule has 1 aromatic heterocycles. The van der Waals surface area contributed by atoms with Gasteiger partial charge in [-0.05, 0) is 37.2 Å². The first-order valence-corrected chi connectivity index (χ1v) is 5.59. The zero-order chi connectivity index (χ0) is 11.5. The molecule has 16 heavy (non-hydrogen) atoms. The van der Waals surface area contributed by atoms with Gasteiger partial charge in [-0.3, -0.25) is 0 Å². The van der Waals surface area contributed by atoms with Crippen molar-refractivity contribution >= 4 is 11.6 Å². The Morgan fingerprint density at radius 2 is 2.25 bits per heavy atom. The van der Waals surface area contributed by atoms with E-state index in [-0.39, 0.29) is 0 Å². The first-order valence-electron chi connectivity index (χ1n) is 5.21. The van der Waals surface area contributed by atoms with Crippen LogP contribution in [0.25, 0.3) is 5.69 Å². The Kier molecular flexibility index (Phi) is 3.27. The van der Waals surface area contributed by atoms with Crippen molar-refractivity contribution in [1.82, 2.24) is 9.55 Å². The minimum Gasteiger partial charge on any atom is -0.330 e. The maximum Gasteiger partial charge on any atom is 0.114 e. The van der Waals surface area contributed by atoms with Crippen molar-refractivity contribution in [1.29, 1.82) is 0 Å². The first kappa shape index (κ1) is 11.2. The highest BCUT2D eigenvalue weighted by Crippen LogP contribution is 2.20. The highest BCUT2D eigenvalue weighted by atomic mass is 35.5. The van der Waals surface area contributed by atoms with Gasteiger partial charge in [0.15, 0.2) is 0 Å². The minimum atomic E-state index is 0.601. The maximum atomic E-state index is 5.93. The van der Waals surface area contributed by atoms with E-state index < -0.39 is 0 Å². The summed E-state index contributed by atoms with van der Waals surface area (Å²) in [6, 6.07) is 5.83. The molecule has 4 heteroatoms. The molecule has 0 aliphatic rings. The van der Waals surface area contributed by atoms with Gasteiger partial charge >= 0.3 is 0 Å². The van der Waals surface area contributed by atoms with Crippen LogP contribution in [0.4, 0.5) is 0 Å². The summed E-state index contributed by atoms with van der Waals surface area (Å²) in [6.45, 7) is 2.64. The predicted molar refractivity (Wildman–Crippen MR) is 66.1 cm³/mol. The Morgan fingerprint density at radius 3 is 2.94 bits per heavy atom. The lowest BCUT2D eigenvalue weighted by molar-refractivity contribution is 0.834. The van der Waals surface area contributed by atoms with Gasteiger partial charge in [0.25, 0.3) is 0 Å². The molecule has 0 saturated heterocycles. The van der Waals surface area contributed by atoms with Crippen molar-refractivity contribution in [2.75, 3.05) is 6.54 Å². The van der Waals surface area contributed by atoms with Crippen LogP contribution in [0.3, 0.4) is 0 Å². The number of rotatable bonds is 3. The molecule has 1 aromatic carbocycles. The predicted octanol–water partition coefficient (Wildman–Crippen LogP) is 2.34. The molecule has 0 spiro atoms. The van der Waals surface area contributed by atoms with Gasteiger partial charge in [-0.15, -0.1) is 0 Å². The smallest absolute Gasteiger partial charge is 0.114 e. The Bertz CT molecular complexity index is 491. The van der Waals surface area contributed by atoms with Gasteiger partial charge in [-0.2, -0.15) is 0 Å². The van der Waals surface area contributed by atoms with Crippen molar-refractivity contribution in [3.05, 3.63) is 47.0 Å². The summed E-state index contributed by atoms with van der Waals surface area (Å²) in [5, 5.41) is 0.752. The van der Waals surface area contributed by atoms with Crippen molar-refractivity contribution in [2.24, 2.45) is 5.73 Å². The molecule has 0 unspecified atom stereocenters. The number of hydrogen-bond donors (Lipinski definition) is 1. The zero-order valence-electron chi connectivity index (χ0n) is 9.15. The Morgan fingerprint density at radius 1 is 1.44 bits per heavy atom. The summed E-state index contributed by atoms with van der Waals surface area (Å²) < 4.78 is 2.05. The third-order valence-electron chi connectivity index (χ3n) is 2.50. The third kappa shape index (κ3) is 2.10. The second-order valence-electron chi connectivity index (χ2n) is 3.68. The highest BCUT2D eigenvalue weighted by Gasteiger charge is 2.06. The second-order valence-corrected chi connectivity index (χ2v) is 4.12. The van der Waals surface area contributed by atoms with E-state index in [0.29, 0.717) is 6.54 Å². The molecular formula is C12H14ClN3. The van der Waals surface area contributed by atoms with Crippen LogP contribution < -0.4 is 5.73 Å². The van der Waals surface area contributed by atoms with E-state index in [1.165, 1.54) is 0 Å². The van der Waals surface area contributed by atoms with Crippen molar-refractivity contribution < 1.29 is 0 Å².